The van der Waals surface area contributed by atoms with E-state index in [4.69, 9.17) is 21.7 Å². The third-order valence-electron chi connectivity index (χ3n) is 4.86. The first-order valence-electron chi connectivity index (χ1n) is 9.87. The second kappa shape index (κ2) is 9.76. The number of carbonyl (C=O) groups is 2. The predicted octanol–water partition coefficient (Wildman–Crippen LogP) is 4.50. The summed E-state index contributed by atoms with van der Waals surface area (Å²) in [6.45, 7) is 1.90. The molecule has 3 aromatic rings. The number of thiocarbonyl (C=S) groups is 1. The van der Waals surface area contributed by atoms with Gasteiger partial charge in [-0.15, -0.1) is 11.3 Å². The Hall–Kier alpha value is -3.49. The van der Waals surface area contributed by atoms with Crippen molar-refractivity contribution in [2.24, 2.45) is 0 Å². The molecular formula is C24H20N2O4S2. The number of esters is 2. The number of allylic oxidation sites excluding steroid dienone is 1. The summed E-state index contributed by atoms with van der Waals surface area (Å²) in [5.41, 5.74) is 2.44. The summed E-state index contributed by atoms with van der Waals surface area (Å²) in [5, 5.41) is 8.27. The summed E-state index contributed by atoms with van der Waals surface area (Å²) in [7, 11) is 0. The van der Waals surface area contributed by atoms with Gasteiger partial charge in [0.1, 0.15) is 17.2 Å². The average molecular weight is 465 g/mol. The van der Waals surface area contributed by atoms with Crippen LogP contribution in [0.2, 0.25) is 0 Å². The van der Waals surface area contributed by atoms with Crippen molar-refractivity contribution < 1.29 is 19.1 Å². The largest absolute Gasteiger partial charge is 0.457 e. The van der Waals surface area contributed by atoms with Crippen LogP contribution in [0.3, 0.4) is 0 Å². The summed E-state index contributed by atoms with van der Waals surface area (Å²) in [5.74, 6) is -0.606. The zero-order chi connectivity index (χ0) is 22.5. The Labute approximate surface area is 194 Å². The zero-order valence-electron chi connectivity index (χ0n) is 17.2. The summed E-state index contributed by atoms with van der Waals surface area (Å²) in [4.78, 5) is 26.1. The molecule has 162 valence electrons. The number of hydrogen-bond acceptors (Lipinski definition) is 6. The maximum Gasteiger partial charge on any atom is 0.353 e. The highest BCUT2D eigenvalue weighted by atomic mass is 32.1. The van der Waals surface area contributed by atoms with Crippen LogP contribution >= 0.6 is 23.6 Å². The van der Waals surface area contributed by atoms with Gasteiger partial charge in [-0.2, -0.15) is 0 Å². The van der Waals surface area contributed by atoms with E-state index < -0.39 is 18.0 Å². The lowest BCUT2D eigenvalue weighted by Gasteiger charge is -2.30. The second-order valence-corrected chi connectivity index (χ2v) is 8.39. The highest BCUT2D eigenvalue weighted by Crippen LogP contribution is 2.34. The minimum atomic E-state index is -0.639. The quantitative estimate of drug-likeness (QED) is 0.316. The Morgan fingerprint density at radius 3 is 2.50 bits per heavy atom. The predicted molar refractivity (Wildman–Crippen MR) is 126 cm³/mol. The van der Waals surface area contributed by atoms with Crippen LogP contribution in [0.25, 0.3) is 0 Å². The van der Waals surface area contributed by atoms with Crippen molar-refractivity contribution >= 4 is 40.6 Å². The molecule has 32 heavy (non-hydrogen) atoms. The molecule has 0 radical (unpaired) electrons. The Morgan fingerprint density at radius 1 is 1.00 bits per heavy atom. The van der Waals surface area contributed by atoms with Gasteiger partial charge in [-0.3, -0.25) is 0 Å². The minimum absolute atomic E-state index is 0.141. The van der Waals surface area contributed by atoms with Gasteiger partial charge in [0.15, 0.2) is 5.11 Å². The van der Waals surface area contributed by atoms with Crippen molar-refractivity contribution in [3.8, 4) is 5.75 Å². The molecule has 1 aromatic heterocycles. The summed E-state index contributed by atoms with van der Waals surface area (Å²) in [6, 6.07) is 19.4. The van der Waals surface area contributed by atoms with E-state index in [9.17, 15) is 9.59 Å². The van der Waals surface area contributed by atoms with Gasteiger partial charge in [0.2, 0.25) is 0 Å². The van der Waals surface area contributed by atoms with Gasteiger partial charge in [0, 0.05) is 11.3 Å². The van der Waals surface area contributed by atoms with Crippen molar-refractivity contribution in [3.05, 3.63) is 99.4 Å². The van der Waals surface area contributed by atoms with Gasteiger partial charge in [-0.05, 0) is 42.2 Å². The van der Waals surface area contributed by atoms with E-state index in [1.807, 2.05) is 41.8 Å². The zero-order valence-corrected chi connectivity index (χ0v) is 18.8. The van der Waals surface area contributed by atoms with Crippen molar-refractivity contribution in [3.63, 3.8) is 0 Å². The molecule has 0 unspecified atom stereocenters. The average Bonchev–Trinajstić information content (AvgIpc) is 3.33. The van der Waals surface area contributed by atoms with Crippen LogP contribution in [-0.2, 0) is 16.1 Å². The minimum Gasteiger partial charge on any atom is -0.457 e. The van der Waals surface area contributed by atoms with E-state index in [2.05, 4.69) is 10.6 Å². The Kier molecular flexibility index (Phi) is 6.63. The van der Waals surface area contributed by atoms with Crippen LogP contribution < -0.4 is 15.4 Å². The maximum absolute atomic E-state index is 13.1. The molecule has 0 spiro atoms. The summed E-state index contributed by atoms with van der Waals surface area (Å²) in [6.07, 6.45) is 0. The van der Waals surface area contributed by atoms with Crippen LogP contribution in [0, 0.1) is 0 Å². The van der Waals surface area contributed by atoms with Crippen molar-refractivity contribution in [2.75, 3.05) is 0 Å². The summed E-state index contributed by atoms with van der Waals surface area (Å²) < 4.78 is 11.2. The molecule has 0 fully saturated rings. The first kappa shape index (κ1) is 21.7. The van der Waals surface area contributed by atoms with E-state index in [0.717, 1.165) is 5.56 Å². The molecule has 1 aliphatic rings. The molecular weight excluding hydrogens is 444 g/mol. The lowest BCUT2D eigenvalue weighted by atomic mass is 9.95. The number of para-hydroxylation sites is 1. The molecule has 4 rings (SSSR count). The summed E-state index contributed by atoms with van der Waals surface area (Å²) >= 11 is 6.62. The van der Waals surface area contributed by atoms with Crippen molar-refractivity contribution in [1.82, 2.24) is 10.6 Å². The number of nitrogens with one attached hydrogen (secondary N) is 2. The van der Waals surface area contributed by atoms with Crippen LogP contribution in [0.1, 0.15) is 33.8 Å². The monoisotopic (exact) mass is 464 g/mol. The molecule has 0 aliphatic carbocycles. The van der Waals surface area contributed by atoms with E-state index in [1.54, 1.807) is 37.3 Å². The SMILES string of the molecule is CC1=C(C(=O)OCc2ccccc2)[C@H](c2ccccc2OC(=O)c2cccs2)NC(=S)N1. The number of carbonyl (C=O) groups excluding carboxylic acids is 2. The van der Waals surface area contributed by atoms with Gasteiger partial charge >= 0.3 is 11.9 Å². The fourth-order valence-electron chi connectivity index (χ4n) is 3.36. The fourth-order valence-corrected chi connectivity index (χ4v) is 4.23. The number of thiophene rings is 1. The molecule has 0 amide bonds. The first-order chi connectivity index (χ1) is 15.5. The van der Waals surface area contributed by atoms with E-state index in [0.29, 0.717) is 32.6 Å². The molecule has 6 nitrogen and oxygen atoms in total. The Bertz CT molecular complexity index is 1170. The number of rotatable bonds is 6. The topological polar surface area (TPSA) is 76.7 Å². The molecule has 8 heteroatoms. The van der Waals surface area contributed by atoms with Crippen molar-refractivity contribution in [1.29, 1.82) is 0 Å². The van der Waals surface area contributed by atoms with Crippen LogP contribution in [0.5, 0.6) is 5.75 Å². The normalized spacial score (nSPS) is 15.5. The van der Waals surface area contributed by atoms with Gasteiger partial charge in [-0.1, -0.05) is 54.6 Å². The van der Waals surface area contributed by atoms with Crippen molar-refractivity contribution in [2.45, 2.75) is 19.6 Å². The van der Waals surface area contributed by atoms with Gasteiger partial charge in [0.25, 0.3) is 0 Å². The lowest BCUT2D eigenvalue weighted by molar-refractivity contribution is -0.140. The Morgan fingerprint density at radius 2 is 1.75 bits per heavy atom. The maximum atomic E-state index is 13.1. The molecule has 0 bridgehead atoms. The van der Waals surface area contributed by atoms with Gasteiger partial charge in [-0.25, -0.2) is 9.59 Å². The molecule has 2 aromatic carbocycles. The second-order valence-electron chi connectivity index (χ2n) is 7.04. The molecule has 0 saturated heterocycles. The highest BCUT2D eigenvalue weighted by molar-refractivity contribution is 7.80. The van der Waals surface area contributed by atoms with Crippen LogP contribution in [-0.4, -0.2) is 17.1 Å². The number of ether oxygens (including phenoxy) is 2. The van der Waals surface area contributed by atoms with Gasteiger partial charge < -0.3 is 20.1 Å². The van der Waals surface area contributed by atoms with Crippen LogP contribution in [0.15, 0.2) is 83.4 Å². The fraction of sp³-hybridized carbons (Fsp3) is 0.125. The third kappa shape index (κ3) is 4.87. The van der Waals surface area contributed by atoms with E-state index >= 15 is 0 Å². The van der Waals surface area contributed by atoms with Crippen LogP contribution in [0.4, 0.5) is 0 Å². The third-order valence-corrected chi connectivity index (χ3v) is 5.93. The molecule has 2 heterocycles. The number of benzene rings is 2. The highest BCUT2D eigenvalue weighted by Gasteiger charge is 2.33. The Balaban J connectivity index is 1.62. The van der Waals surface area contributed by atoms with Gasteiger partial charge in [0.05, 0.1) is 11.6 Å². The molecule has 1 aliphatic heterocycles. The standard InChI is InChI=1S/C24H20N2O4S2/c1-15-20(23(28)29-14-16-8-3-2-4-9-16)21(26-24(31)25-15)17-10-5-6-11-18(17)30-22(27)19-12-7-13-32-19/h2-13,21H,14H2,1H3,(H2,25,26,31)/t21-/m0/s1. The van der Waals surface area contributed by atoms with E-state index in [-0.39, 0.29) is 6.61 Å². The molecule has 1 atom stereocenters. The molecule has 0 saturated carbocycles. The molecule has 2 N–H and O–H groups in total. The smallest absolute Gasteiger partial charge is 0.353 e. The first-order valence-corrected chi connectivity index (χ1v) is 11.2. The lowest BCUT2D eigenvalue weighted by Crippen LogP contribution is -2.45. The van der Waals surface area contributed by atoms with E-state index in [1.165, 1.54) is 11.3 Å². The number of hydrogen-bond donors (Lipinski definition) is 2.